The van der Waals surface area contributed by atoms with E-state index in [4.69, 9.17) is 37.1 Å². The number of likely N-dealkylation sites (N-methyl/N-ethyl adjacent to an activating group) is 1. The van der Waals surface area contributed by atoms with Crippen LogP contribution in [-0.2, 0) is 20.9 Å². The Labute approximate surface area is 226 Å². The number of nitrogens with zero attached hydrogens (tertiary/aromatic N) is 2. The van der Waals surface area contributed by atoms with Gasteiger partial charge in [-0.3, -0.25) is 9.59 Å². The molecule has 10 heteroatoms. The monoisotopic (exact) mass is 548 g/mol. The molecule has 1 aromatic carbocycles. The fourth-order valence-corrected chi connectivity index (χ4v) is 4.45. The summed E-state index contributed by atoms with van der Waals surface area (Å²) in [5.74, 6) is 0.565. The van der Waals surface area contributed by atoms with Gasteiger partial charge in [-0.25, -0.2) is 4.79 Å². The normalized spacial score (nSPS) is 13.8. The van der Waals surface area contributed by atoms with Crippen molar-refractivity contribution in [2.75, 3.05) is 50.5 Å². The Bertz CT molecular complexity index is 1210. The summed E-state index contributed by atoms with van der Waals surface area (Å²) >= 11 is 12.0. The molecule has 1 aliphatic carbocycles. The van der Waals surface area contributed by atoms with Crippen LogP contribution < -0.4 is 9.64 Å². The number of rotatable bonds is 12. The van der Waals surface area contributed by atoms with E-state index in [0.29, 0.717) is 53.3 Å². The zero-order chi connectivity index (χ0) is 27.1. The Balaban J connectivity index is 1.83. The minimum absolute atomic E-state index is 0.149. The second-order valence-electron chi connectivity index (χ2n) is 8.62. The number of hydrogen-bond acceptors (Lipinski definition) is 8. The molecule has 0 N–H and O–H groups in total. The van der Waals surface area contributed by atoms with Crippen molar-refractivity contribution in [3.63, 3.8) is 0 Å². The third kappa shape index (κ3) is 6.56. The van der Waals surface area contributed by atoms with E-state index in [1.165, 1.54) is 0 Å². The fraction of sp³-hybridized carbons (Fsp3) is 0.370. The van der Waals surface area contributed by atoms with Gasteiger partial charge in [-0.15, -0.1) is 23.2 Å². The summed E-state index contributed by atoms with van der Waals surface area (Å²) in [5, 5.41) is 0. The first-order valence-electron chi connectivity index (χ1n) is 11.7. The first-order chi connectivity index (χ1) is 17.7. The van der Waals surface area contributed by atoms with Crippen LogP contribution in [-0.4, -0.2) is 68.0 Å². The number of furan rings is 1. The van der Waals surface area contributed by atoms with Crippen LogP contribution in [0.3, 0.4) is 0 Å². The van der Waals surface area contributed by atoms with E-state index in [9.17, 15) is 14.4 Å². The first kappa shape index (κ1) is 28.3. The number of anilines is 1. The molecule has 0 radical (unpaired) electrons. The number of benzene rings is 1. The van der Waals surface area contributed by atoms with Crippen molar-refractivity contribution in [3.8, 4) is 5.75 Å². The van der Waals surface area contributed by atoms with E-state index in [2.05, 4.69) is 0 Å². The quantitative estimate of drug-likeness (QED) is 0.216. The lowest BCUT2D eigenvalue weighted by Gasteiger charge is -2.26. The van der Waals surface area contributed by atoms with E-state index in [1.807, 2.05) is 4.90 Å². The standard InChI is InChI=1S/C27H30Cl2N2O6/c1-17-21(25(32)18(2)24(26(17)33)30(3)4)16-37-27(34)19-7-8-22(31(11-9-28)12-10-29)23(14-19)36-15-20-6-5-13-35-20/h5-8,13-14H,9-12,15-16H2,1-4H3. The lowest BCUT2D eigenvalue weighted by atomic mass is 9.88. The van der Waals surface area contributed by atoms with Gasteiger partial charge in [0.2, 0.25) is 5.78 Å². The summed E-state index contributed by atoms with van der Waals surface area (Å²) in [6, 6.07) is 8.46. The maximum atomic E-state index is 13.0. The highest BCUT2D eigenvalue weighted by atomic mass is 35.5. The number of esters is 1. The number of carbonyl (C=O) groups excluding carboxylic acids is 3. The van der Waals surface area contributed by atoms with Gasteiger partial charge in [-0.2, -0.15) is 0 Å². The molecular weight excluding hydrogens is 519 g/mol. The van der Waals surface area contributed by atoms with Gasteiger partial charge in [0.05, 0.1) is 23.2 Å². The summed E-state index contributed by atoms with van der Waals surface area (Å²) in [5.41, 5.74) is 2.04. The number of Topliss-reactive ketones (excluding diaryl/α,β-unsaturated/α-hetero) is 2. The lowest BCUT2D eigenvalue weighted by Crippen LogP contribution is -2.31. The largest absolute Gasteiger partial charge is 0.483 e. The lowest BCUT2D eigenvalue weighted by molar-refractivity contribution is -0.117. The molecule has 1 heterocycles. The number of allylic oxidation sites excluding steroid dienone is 2. The van der Waals surface area contributed by atoms with Crippen molar-refractivity contribution in [1.82, 2.24) is 4.90 Å². The smallest absolute Gasteiger partial charge is 0.338 e. The van der Waals surface area contributed by atoms with Gasteiger partial charge in [0, 0.05) is 55.7 Å². The number of hydrogen-bond donors (Lipinski definition) is 0. The average Bonchev–Trinajstić information content (AvgIpc) is 3.39. The maximum absolute atomic E-state index is 13.0. The molecule has 198 valence electrons. The first-order valence-corrected chi connectivity index (χ1v) is 12.8. The van der Waals surface area contributed by atoms with Crippen molar-refractivity contribution in [1.29, 1.82) is 0 Å². The van der Waals surface area contributed by atoms with Gasteiger partial charge in [-0.1, -0.05) is 0 Å². The average molecular weight is 549 g/mol. The van der Waals surface area contributed by atoms with E-state index < -0.39 is 5.97 Å². The summed E-state index contributed by atoms with van der Waals surface area (Å²) < 4.78 is 16.8. The molecule has 0 unspecified atom stereocenters. The van der Waals surface area contributed by atoms with E-state index in [-0.39, 0.29) is 41.5 Å². The number of halogens is 2. The van der Waals surface area contributed by atoms with E-state index in [1.54, 1.807) is 69.4 Å². The summed E-state index contributed by atoms with van der Waals surface area (Å²) in [4.78, 5) is 42.2. The molecule has 37 heavy (non-hydrogen) atoms. The number of ether oxygens (including phenoxy) is 2. The van der Waals surface area contributed by atoms with Crippen molar-refractivity contribution in [3.05, 3.63) is 70.3 Å². The molecule has 0 atom stereocenters. The van der Waals surface area contributed by atoms with Crippen LogP contribution in [0.5, 0.6) is 5.75 Å². The molecule has 2 aromatic rings. The molecule has 1 aliphatic rings. The number of alkyl halides is 2. The molecule has 0 spiro atoms. The Kier molecular flexibility index (Phi) is 9.83. The van der Waals surface area contributed by atoms with Crippen molar-refractivity contribution in [2.45, 2.75) is 20.5 Å². The van der Waals surface area contributed by atoms with E-state index in [0.717, 1.165) is 0 Å². The van der Waals surface area contributed by atoms with Crippen LogP contribution in [0.4, 0.5) is 5.69 Å². The zero-order valence-corrected chi connectivity index (χ0v) is 22.8. The molecular formula is C27H30Cl2N2O6. The van der Waals surface area contributed by atoms with Crippen molar-refractivity contribution in [2.24, 2.45) is 0 Å². The Morgan fingerprint density at radius 3 is 2.27 bits per heavy atom. The predicted molar refractivity (Wildman–Crippen MR) is 143 cm³/mol. The van der Waals surface area contributed by atoms with Gasteiger partial charge in [0.1, 0.15) is 24.7 Å². The van der Waals surface area contributed by atoms with Crippen LogP contribution in [0, 0.1) is 0 Å². The fourth-order valence-electron chi connectivity index (χ4n) is 4.04. The highest BCUT2D eigenvalue weighted by molar-refractivity contribution is 6.24. The zero-order valence-electron chi connectivity index (χ0n) is 21.3. The second-order valence-corrected chi connectivity index (χ2v) is 9.38. The maximum Gasteiger partial charge on any atom is 0.338 e. The molecule has 0 aliphatic heterocycles. The van der Waals surface area contributed by atoms with Crippen LogP contribution in [0.25, 0.3) is 0 Å². The van der Waals surface area contributed by atoms with Crippen LogP contribution in [0.2, 0.25) is 0 Å². The third-order valence-corrected chi connectivity index (χ3v) is 6.31. The van der Waals surface area contributed by atoms with Gasteiger partial charge >= 0.3 is 5.97 Å². The molecule has 0 bridgehead atoms. The van der Waals surface area contributed by atoms with Gasteiger partial charge in [0.15, 0.2) is 5.78 Å². The van der Waals surface area contributed by atoms with Crippen LogP contribution in [0.1, 0.15) is 30.0 Å². The highest BCUT2D eigenvalue weighted by Crippen LogP contribution is 2.32. The molecule has 8 nitrogen and oxygen atoms in total. The Hall–Kier alpha value is -3.23. The third-order valence-electron chi connectivity index (χ3n) is 5.97. The molecule has 0 amide bonds. The van der Waals surface area contributed by atoms with Gasteiger partial charge < -0.3 is 23.7 Å². The topological polar surface area (TPSA) is 89.3 Å². The minimum Gasteiger partial charge on any atom is -0.483 e. The second kappa shape index (κ2) is 12.8. The number of ketones is 2. The molecule has 0 saturated carbocycles. The van der Waals surface area contributed by atoms with Crippen molar-refractivity contribution < 1.29 is 28.3 Å². The summed E-state index contributed by atoms with van der Waals surface area (Å²) in [6.07, 6.45) is 1.55. The molecule has 0 saturated heterocycles. The van der Waals surface area contributed by atoms with Gasteiger partial charge in [-0.05, 0) is 44.2 Å². The Morgan fingerprint density at radius 1 is 0.973 bits per heavy atom. The molecule has 1 aromatic heterocycles. The Morgan fingerprint density at radius 2 is 1.68 bits per heavy atom. The van der Waals surface area contributed by atoms with E-state index >= 15 is 0 Å². The molecule has 0 fully saturated rings. The minimum atomic E-state index is -0.656. The highest BCUT2D eigenvalue weighted by Gasteiger charge is 2.32. The van der Waals surface area contributed by atoms with Crippen LogP contribution >= 0.6 is 23.2 Å². The van der Waals surface area contributed by atoms with Crippen LogP contribution in [0.15, 0.2) is 63.4 Å². The SMILES string of the molecule is CC1=C(COC(=O)c2ccc(N(CCCl)CCCl)c(OCc3ccco3)c2)C(=O)C(C)=C(N(C)C)C1=O. The predicted octanol–water partition coefficient (Wildman–Crippen LogP) is 4.60. The number of carbonyl (C=O) groups is 3. The molecule has 3 rings (SSSR count). The van der Waals surface area contributed by atoms with Crippen molar-refractivity contribution >= 4 is 46.4 Å². The summed E-state index contributed by atoms with van der Waals surface area (Å²) in [7, 11) is 3.41. The van der Waals surface area contributed by atoms with Gasteiger partial charge in [0.25, 0.3) is 0 Å². The summed E-state index contributed by atoms with van der Waals surface area (Å²) in [6.45, 7) is 4.05.